The zero-order valence-corrected chi connectivity index (χ0v) is 16.3. The molecule has 0 bridgehead atoms. The molecular weight excluding hydrogens is 364 g/mol. The van der Waals surface area contributed by atoms with Crippen LogP contribution in [0.2, 0.25) is 0 Å². The van der Waals surface area contributed by atoms with Gasteiger partial charge in [-0.05, 0) is 68.1 Å². The number of sulfonamides is 1. The molecule has 3 rings (SSSR count). The first-order chi connectivity index (χ1) is 12.8. The highest BCUT2D eigenvalue weighted by atomic mass is 32.2. The van der Waals surface area contributed by atoms with Crippen LogP contribution in [0, 0.1) is 13.8 Å². The molecule has 0 aromatic heterocycles. The number of ether oxygens (including phenoxy) is 1. The molecule has 2 aromatic carbocycles. The Balaban J connectivity index is 1.66. The van der Waals surface area contributed by atoms with Crippen molar-refractivity contribution in [2.24, 2.45) is 0 Å². The number of nitrogens with one attached hydrogen (secondary N) is 2. The molecule has 7 heteroatoms. The van der Waals surface area contributed by atoms with Gasteiger partial charge >= 0.3 is 0 Å². The second-order valence-electron chi connectivity index (χ2n) is 6.80. The van der Waals surface area contributed by atoms with Gasteiger partial charge in [0.1, 0.15) is 0 Å². The van der Waals surface area contributed by atoms with E-state index in [9.17, 15) is 13.2 Å². The number of carbonyl (C=O) groups excluding carboxylic acids is 1. The van der Waals surface area contributed by atoms with Crippen LogP contribution in [0.3, 0.4) is 0 Å². The number of rotatable bonds is 6. The minimum Gasteiger partial charge on any atom is -0.376 e. The Bertz CT molecular complexity index is 917. The van der Waals surface area contributed by atoms with Crippen molar-refractivity contribution in [3.8, 4) is 0 Å². The van der Waals surface area contributed by atoms with Crippen LogP contribution in [-0.4, -0.2) is 33.6 Å². The van der Waals surface area contributed by atoms with Gasteiger partial charge in [0.05, 0.1) is 11.0 Å². The summed E-state index contributed by atoms with van der Waals surface area (Å²) in [6.07, 6.45) is 2.06. The molecule has 1 aliphatic heterocycles. The van der Waals surface area contributed by atoms with Gasteiger partial charge in [0.25, 0.3) is 15.9 Å². The molecule has 1 fully saturated rings. The third-order valence-electron chi connectivity index (χ3n) is 4.55. The van der Waals surface area contributed by atoms with E-state index >= 15 is 0 Å². The fourth-order valence-electron chi connectivity index (χ4n) is 3.01. The summed E-state index contributed by atoms with van der Waals surface area (Å²) in [6, 6.07) is 11.7. The summed E-state index contributed by atoms with van der Waals surface area (Å²) in [4.78, 5) is 12.4. The normalized spacial score (nSPS) is 16.9. The van der Waals surface area contributed by atoms with E-state index < -0.39 is 10.0 Å². The van der Waals surface area contributed by atoms with Crippen LogP contribution in [0.5, 0.6) is 0 Å². The van der Waals surface area contributed by atoms with Crippen LogP contribution in [0.1, 0.15) is 34.3 Å². The van der Waals surface area contributed by atoms with Crippen LogP contribution >= 0.6 is 0 Å². The van der Waals surface area contributed by atoms with Crippen LogP contribution in [0.25, 0.3) is 0 Å². The van der Waals surface area contributed by atoms with Crippen molar-refractivity contribution in [1.29, 1.82) is 0 Å². The summed E-state index contributed by atoms with van der Waals surface area (Å²) in [5.74, 6) is -0.200. The van der Waals surface area contributed by atoms with E-state index in [0.29, 0.717) is 23.4 Å². The van der Waals surface area contributed by atoms with Crippen molar-refractivity contribution in [2.45, 2.75) is 37.7 Å². The Morgan fingerprint density at radius 3 is 2.56 bits per heavy atom. The van der Waals surface area contributed by atoms with Crippen LogP contribution in [0.15, 0.2) is 47.4 Å². The number of benzene rings is 2. The third kappa shape index (κ3) is 4.87. The molecule has 0 radical (unpaired) electrons. The quantitative estimate of drug-likeness (QED) is 0.797. The molecule has 0 unspecified atom stereocenters. The molecule has 2 N–H and O–H groups in total. The van der Waals surface area contributed by atoms with E-state index in [1.54, 1.807) is 43.3 Å². The van der Waals surface area contributed by atoms with Gasteiger partial charge in [0.2, 0.25) is 0 Å². The van der Waals surface area contributed by atoms with Gasteiger partial charge in [0, 0.05) is 24.4 Å². The molecule has 1 atom stereocenters. The zero-order valence-electron chi connectivity index (χ0n) is 15.5. The van der Waals surface area contributed by atoms with Crippen LogP contribution in [-0.2, 0) is 14.8 Å². The Kier molecular flexibility index (Phi) is 5.82. The monoisotopic (exact) mass is 388 g/mol. The lowest BCUT2D eigenvalue weighted by molar-refractivity contribution is 0.0858. The molecule has 144 valence electrons. The Morgan fingerprint density at radius 2 is 1.89 bits per heavy atom. The molecule has 0 saturated carbocycles. The van der Waals surface area contributed by atoms with Gasteiger partial charge < -0.3 is 10.1 Å². The maximum Gasteiger partial charge on any atom is 0.262 e. The molecule has 6 nitrogen and oxygen atoms in total. The number of hydrogen-bond donors (Lipinski definition) is 2. The lowest BCUT2D eigenvalue weighted by Crippen LogP contribution is -2.31. The molecule has 27 heavy (non-hydrogen) atoms. The van der Waals surface area contributed by atoms with Gasteiger partial charge in [-0.1, -0.05) is 12.1 Å². The molecule has 1 aliphatic rings. The number of carbonyl (C=O) groups is 1. The summed E-state index contributed by atoms with van der Waals surface area (Å²) in [5.41, 5.74) is 2.44. The highest BCUT2D eigenvalue weighted by molar-refractivity contribution is 7.92. The van der Waals surface area contributed by atoms with E-state index in [0.717, 1.165) is 25.0 Å². The number of aryl methyl sites for hydroxylation is 2. The summed E-state index contributed by atoms with van der Waals surface area (Å²) in [6.45, 7) is 4.84. The summed E-state index contributed by atoms with van der Waals surface area (Å²) in [7, 11) is -3.69. The summed E-state index contributed by atoms with van der Waals surface area (Å²) >= 11 is 0. The zero-order chi connectivity index (χ0) is 19.4. The van der Waals surface area contributed by atoms with Crippen molar-refractivity contribution in [2.75, 3.05) is 17.9 Å². The van der Waals surface area contributed by atoms with E-state index in [2.05, 4.69) is 10.0 Å². The second kappa shape index (κ2) is 8.10. The Morgan fingerprint density at radius 1 is 1.15 bits per heavy atom. The van der Waals surface area contributed by atoms with Gasteiger partial charge in [-0.2, -0.15) is 0 Å². The lowest BCUT2D eigenvalue weighted by atomic mass is 10.2. The predicted octanol–water partition coefficient (Wildman–Crippen LogP) is 3.01. The molecule has 1 saturated heterocycles. The summed E-state index contributed by atoms with van der Waals surface area (Å²) < 4.78 is 33.3. The maximum absolute atomic E-state index is 12.6. The van der Waals surface area contributed by atoms with Crippen molar-refractivity contribution in [3.05, 3.63) is 59.2 Å². The lowest BCUT2D eigenvalue weighted by Gasteiger charge is -2.12. The van der Waals surface area contributed by atoms with Crippen LogP contribution in [0.4, 0.5) is 5.69 Å². The number of amides is 1. The minimum atomic E-state index is -3.69. The highest BCUT2D eigenvalue weighted by Gasteiger charge is 2.18. The molecule has 0 aliphatic carbocycles. The van der Waals surface area contributed by atoms with Crippen molar-refractivity contribution in [3.63, 3.8) is 0 Å². The molecule has 1 amide bonds. The largest absolute Gasteiger partial charge is 0.376 e. The first-order valence-electron chi connectivity index (χ1n) is 8.95. The molecule has 0 spiro atoms. The third-order valence-corrected chi connectivity index (χ3v) is 6.07. The van der Waals surface area contributed by atoms with Gasteiger partial charge in [-0.25, -0.2) is 8.42 Å². The fraction of sp³-hybridized carbons (Fsp3) is 0.350. The molecule has 1 heterocycles. The SMILES string of the molecule is Cc1ccc(C)c(S(=O)(=O)Nc2ccc(C(=O)NC[C@@H]3CCCO3)cc2)c1. The van der Waals surface area contributed by atoms with Crippen molar-refractivity contribution >= 4 is 21.6 Å². The first-order valence-corrected chi connectivity index (χ1v) is 10.4. The molecular formula is C20H24N2O4S. The van der Waals surface area contributed by atoms with E-state index in [4.69, 9.17) is 4.74 Å². The van der Waals surface area contributed by atoms with Crippen molar-refractivity contribution in [1.82, 2.24) is 5.32 Å². The van der Waals surface area contributed by atoms with Gasteiger partial charge in [-0.15, -0.1) is 0 Å². The predicted molar refractivity (Wildman–Crippen MR) is 104 cm³/mol. The average Bonchev–Trinajstić information content (AvgIpc) is 3.15. The van der Waals surface area contributed by atoms with Crippen LogP contribution < -0.4 is 10.0 Å². The minimum absolute atomic E-state index is 0.0811. The smallest absolute Gasteiger partial charge is 0.262 e. The standard InChI is InChI=1S/C20H24N2O4S/c1-14-5-6-15(2)19(12-14)27(24,25)22-17-9-7-16(8-10-17)20(23)21-13-18-4-3-11-26-18/h5-10,12,18,22H,3-4,11,13H2,1-2H3,(H,21,23)/t18-/m0/s1. The van der Waals surface area contributed by atoms with Gasteiger partial charge in [-0.3, -0.25) is 9.52 Å². The van der Waals surface area contributed by atoms with E-state index in [1.807, 2.05) is 13.0 Å². The maximum atomic E-state index is 12.6. The fourth-order valence-corrected chi connectivity index (χ4v) is 4.40. The van der Waals surface area contributed by atoms with E-state index in [-0.39, 0.29) is 16.9 Å². The Labute approximate surface area is 160 Å². The number of anilines is 1. The highest BCUT2D eigenvalue weighted by Crippen LogP contribution is 2.21. The Hall–Kier alpha value is -2.38. The average molecular weight is 388 g/mol. The second-order valence-corrected chi connectivity index (χ2v) is 8.45. The molecule has 2 aromatic rings. The topological polar surface area (TPSA) is 84.5 Å². The number of hydrogen-bond acceptors (Lipinski definition) is 4. The summed E-state index contributed by atoms with van der Waals surface area (Å²) in [5, 5.41) is 2.85. The van der Waals surface area contributed by atoms with Gasteiger partial charge in [0.15, 0.2) is 0 Å². The first kappa shape index (κ1) is 19.4. The van der Waals surface area contributed by atoms with Crippen molar-refractivity contribution < 1.29 is 17.9 Å². The van der Waals surface area contributed by atoms with E-state index in [1.165, 1.54) is 0 Å².